The summed E-state index contributed by atoms with van der Waals surface area (Å²) in [7, 11) is -3.77. The van der Waals surface area contributed by atoms with Crippen LogP contribution in [0.15, 0.2) is 65.6 Å². The number of aryl methyl sites for hydroxylation is 1. The molecule has 0 bridgehead atoms. The zero-order valence-electron chi connectivity index (χ0n) is 14.0. The van der Waals surface area contributed by atoms with Gasteiger partial charge in [0.25, 0.3) is 10.0 Å². The van der Waals surface area contributed by atoms with Crippen molar-refractivity contribution in [2.45, 2.75) is 18.2 Å². The van der Waals surface area contributed by atoms with Gasteiger partial charge < -0.3 is 5.32 Å². The second kappa shape index (κ2) is 7.72. The highest BCUT2D eigenvalue weighted by Gasteiger charge is 2.15. The van der Waals surface area contributed by atoms with Gasteiger partial charge in [0.15, 0.2) is 11.6 Å². The number of nitrogens with one attached hydrogen (secondary N) is 2. The molecule has 0 aliphatic rings. The number of rotatable bonds is 6. The minimum absolute atomic E-state index is 0.0602. The van der Waals surface area contributed by atoms with Gasteiger partial charge in [-0.1, -0.05) is 36.7 Å². The van der Waals surface area contributed by atoms with Crippen LogP contribution < -0.4 is 10.0 Å². The molecule has 3 rings (SSSR count). The van der Waals surface area contributed by atoms with E-state index in [1.54, 1.807) is 18.2 Å². The number of nitrogens with zero attached hydrogens (tertiary/aromatic N) is 2. The molecule has 2 N–H and O–H groups in total. The van der Waals surface area contributed by atoms with E-state index in [2.05, 4.69) is 27.2 Å². The minimum Gasteiger partial charge on any atom is -0.339 e. The number of sulfonamides is 1. The van der Waals surface area contributed by atoms with E-state index >= 15 is 0 Å². The summed E-state index contributed by atoms with van der Waals surface area (Å²) in [5.41, 5.74) is 2.12. The summed E-state index contributed by atoms with van der Waals surface area (Å²) in [4.78, 5) is 0.0602. The molecule has 2 aromatic carbocycles. The molecule has 1 heterocycles. The molecule has 0 aliphatic heterocycles. The van der Waals surface area contributed by atoms with Crippen LogP contribution in [0.2, 0.25) is 5.02 Å². The quantitative estimate of drug-likeness (QED) is 0.659. The van der Waals surface area contributed by atoms with Crippen LogP contribution in [0.3, 0.4) is 0 Å². The van der Waals surface area contributed by atoms with Gasteiger partial charge in [-0.15, -0.1) is 10.2 Å². The third-order valence-corrected chi connectivity index (χ3v) is 5.23. The first-order valence-electron chi connectivity index (χ1n) is 7.94. The van der Waals surface area contributed by atoms with Gasteiger partial charge >= 0.3 is 0 Å². The zero-order chi connectivity index (χ0) is 18.6. The van der Waals surface area contributed by atoms with Crippen molar-refractivity contribution in [3.8, 4) is 0 Å². The molecular weight excluding hydrogens is 372 g/mol. The predicted octanol–water partition coefficient (Wildman–Crippen LogP) is 4.24. The van der Waals surface area contributed by atoms with Gasteiger partial charge in [-0.3, -0.25) is 4.72 Å². The maximum absolute atomic E-state index is 12.3. The molecule has 0 aliphatic carbocycles. The van der Waals surface area contributed by atoms with E-state index in [0.29, 0.717) is 10.8 Å². The Morgan fingerprint density at radius 1 is 0.962 bits per heavy atom. The van der Waals surface area contributed by atoms with Crippen LogP contribution in [0.5, 0.6) is 0 Å². The van der Waals surface area contributed by atoms with Crippen LogP contribution in [-0.4, -0.2) is 18.6 Å². The van der Waals surface area contributed by atoms with E-state index in [-0.39, 0.29) is 10.7 Å². The second-order valence-electron chi connectivity index (χ2n) is 5.54. The van der Waals surface area contributed by atoms with Gasteiger partial charge in [-0.05, 0) is 54.4 Å². The Kier molecular flexibility index (Phi) is 5.39. The van der Waals surface area contributed by atoms with Crippen LogP contribution in [0.1, 0.15) is 12.5 Å². The lowest BCUT2D eigenvalue weighted by molar-refractivity contribution is 0.601. The molecule has 0 saturated heterocycles. The Hall–Kier alpha value is -2.64. The number of aromatic nitrogens is 2. The average molecular weight is 389 g/mol. The monoisotopic (exact) mass is 388 g/mol. The molecule has 0 saturated carbocycles. The first-order chi connectivity index (χ1) is 12.5. The van der Waals surface area contributed by atoms with Crippen molar-refractivity contribution in [3.05, 3.63) is 71.2 Å². The summed E-state index contributed by atoms with van der Waals surface area (Å²) in [5.74, 6) is 0.636. The van der Waals surface area contributed by atoms with Crippen LogP contribution in [0.25, 0.3) is 0 Å². The number of benzene rings is 2. The molecule has 0 spiro atoms. The van der Waals surface area contributed by atoms with Gasteiger partial charge in [0.05, 0.1) is 4.90 Å². The number of halogens is 1. The Morgan fingerprint density at radius 3 is 2.27 bits per heavy atom. The summed E-state index contributed by atoms with van der Waals surface area (Å²) in [5, 5.41) is 11.4. The van der Waals surface area contributed by atoms with E-state index in [1.807, 2.05) is 24.3 Å². The summed E-state index contributed by atoms with van der Waals surface area (Å²) in [6.45, 7) is 2.09. The van der Waals surface area contributed by atoms with Crippen molar-refractivity contribution in [1.29, 1.82) is 0 Å². The smallest absolute Gasteiger partial charge is 0.263 e. The van der Waals surface area contributed by atoms with E-state index in [4.69, 9.17) is 11.6 Å². The number of hydrogen-bond donors (Lipinski definition) is 2. The molecule has 0 fully saturated rings. The lowest BCUT2D eigenvalue weighted by Gasteiger charge is -2.09. The maximum Gasteiger partial charge on any atom is 0.263 e. The topological polar surface area (TPSA) is 84.0 Å². The third kappa shape index (κ3) is 4.50. The molecular formula is C18H17ClN4O2S. The van der Waals surface area contributed by atoms with E-state index in [1.165, 1.54) is 23.8 Å². The first-order valence-corrected chi connectivity index (χ1v) is 9.80. The number of anilines is 3. The molecule has 0 atom stereocenters. The minimum atomic E-state index is -3.77. The van der Waals surface area contributed by atoms with Gasteiger partial charge in [0, 0.05) is 10.7 Å². The Morgan fingerprint density at radius 2 is 1.65 bits per heavy atom. The lowest BCUT2D eigenvalue weighted by Crippen LogP contribution is -2.14. The largest absolute Gasteiger partial charge is 0.339 e. The van der Waals surface area contributed by atoms with Crippen molar-refractivity contribution in [3.63, 3.8) is 0 Å². The molecule has 0 amide bonds. The fourth-order valence-electron chi connectivity index (χ4n) is 2.26. The van der Waals surface area contributed by atoms with Gasteiger partial charge in [-0.2, -0.15) is 0 Å². The SMILES string of the molecule is CCc1ccc(Nc2ccc(NS(=O)(=O)c3cccc(Cl)c3)nn2)cc1. The fraction of sp³-hybridized carbons (Fsp3) is 0.111. The Balaban J connectivity index is 1.71. The normalized spacial score (nSPS) is 11.2. The molecule has 1 aromatic heterocycles. The molecule has 134 valence electrons. The number of hydrogen-bond acceptors (Lipinski definition) is 5. The average Bonchev–Trinajstić information content (AvgIpc) is 2.64. The van der Waals surface area contributed by atoms with Crippen molar-refractivity contribution >= 4 is 38.9 Å². The van der Waals surface area contributed by atoms with E-state index in [0.717, 1.165) is 12.1 Å². The van der Waals surface area contributed by atoms with E-state index < -0.39 is 10.0 Å². The summed E-state index contributed by atoms with van der Waals surface area (Å²) in [6.07, 6.45) is 0.974. The van der Waals surface area contributed by atoms with Gasteiger partial charge in [0.1, 0.15) is 0 Å². The molecule has 8 heteroatoms. The van der Waals surface area contributed by atoms with Crippen molar-refractivity contribution in [1.82, 2.24) is 10.2 Å². The highest BCUT2D eigenvalue weighted by Crippen LogP contribution is 2.19. The van der Waals surface area contributed by atoms with Gasteiger partial charge in [-0.25, -0.2) is 8.42 Å². The summed E-state index contributed by atoms with van der Waals surface area (Å²) in [6, 6.07) is 17.2. The van der Waals surface area contributed by atoms with Crippen LogP contribution in [0, 0.1) is 0 Å². The molecule has 0 unspecified atom stereocenters. The highest BCUT2D eigenvalue weighted by atomic mass is 35.5. The molecule has 0 radical (unpaired) electrons. The van der Waals surface area contributed by atoms with Crippen molar-refractivity contribution in [2.75, 3.05) is 10.0 Å². The summed E-state index contributed by atoms with van der Waals surface area (Å²) >= 11 is 5.84. The maximum atomic E-state index is 12.3. The lowest BCUT2D eigenvalue weighted by atomic mass is 10.1. The highest BCUT2D eigenvalue weighted by molar-refractivity contribution is 7.92. The molecule has 26 heavy (non-hydrogen) atoms. The molecule has 6 nitrogen and oxygen atoms in total. The van der Waals surface area contributed by atoms with Crippen LogP contribution in [0.4, 0.5) is 17.3 Å². The van der Waals surface area contributed by atoms with Crippen molar-refractivity contribution in [2.24, 2.45) is 0 Å². The van der Waals surface area contributed by atoms with Gasteiger partial charge in [0.2, 0.25) is 0 Å². The van der Waals surface area contributed by atoms with Crippen LogP contribution in [-0.2, 0) is 16.4 Å². The summed E-state index contributed by atoms with van der Waals surface area (Å²) < 4.78 is 27.1. The fourth-order valence-corrected chi connectivity index (χ4v) is 3.55. The van der Waals surface area contributed by atoms with Crippen molar-refractivity contribution < 1.29 is 8.42 Å². The first kappa shape index (κ1) is 18.2. The Bertz CT molecular complexity index is 990. The zero-order valence-corrected chi connectivity index (χ0v) is 15.6. The Labute approximate surface area is 157 Å². The predicted molar refractivity (Wildman–Crippen MR) is 103 cm³/mol. The third-order valence-electron chi connectivity index (χ3n) is 3.64. The van der Waals surface area contributed by atoms with Crippen LogP contribution >= 0.6 is 11.6 Å². The van der Waals surface area contributed by atoms with E-state index in [9.17, 15) is 8.42 Å². The molecule has 3 aromatic rings. The standard InChI is InChI=1S/C18H17ClN4O2S/c1-2-13-6-8-15(9-7-13)20-17-10-11-18(22-21-17)23-26(24,25)16-5-3-4-14(19)12-16/h3-12H,2H2,1H3,(H,20,21)(H,22,23). The second-order valence-corrected chi connectivity index (χ2v) is 7.66.